The molecule has 75 heavy (non-hydrogen) atoms. The smallest absolute Gasteiger partial charge is 0.306 e. The van der Waals surface area contributed by atoms with Gasteiger partial charge in [0.25, 0.3) is 0 Å². The Morgan fingerprint density at radius 3 is 0.733 bits per heavy atom. The fourth-order valence-corrected chi connectivity index (χ4v) is 10.4. The normalized spacial score (nSPS) is 12.1. The molecule has 0 saturated heterocycles. The Bertz CT molecular complexity index is 1210. The molecule has 0 aliphatic heterocycles. The van der Waals surface area contributed by atoms with Crippen molar-refractivity contribution in [2.24, 2.45) is 0 Å². The van der Waals surface area contributed by atoms with Crippen LogP contribution in [0.15, 0.2) is 24.3 Å². The number of ether oxygens (including phenoxy) is 3. The lowest BCUT2D eigenvalue weighted by atomic mass is 10.0. The zero-order valence-corrected chi connectivity index (χ0v) is 50.8. The van der Waals surface area contributed by atoms with E-state index in [1.807, 2.05) is 0 Å². The quantitative estimate of drug-likeness (QED) is 0.0261. The number of rotatable bonds is 63. The summed E-state index contributed by atoms with van der Waals surface area (Å²) >= 11 is 0. The molecule has 0 amide bonds. The van der Waals surface area contributed by atoms with Crippen LogP contribution < -0.4 is 0 Å². The molecule has 442 valence electrons. The second-order valence-electron chi connectivity index (χ2n) is 23.1. The number of hydrogen-bond donors (Lipinski definition) is 0. The van der Waals surface area contributed by atoms with Gasteiger partial charge in [0.2, 0.25) is 0 Å². The topological polar surface area (TPSA) is 78.9 Å². The van der Waals surface area contributed by atoms with Gasteiger partial charge in [0.05, 0.1) is 0 Å². The van der Waals surface area contributed by atoms with Gasteiger partial charge < -0.3 is 14.2 Å². The first-order valence-electron chi connectivity index (χ1n) is 33.8. The van der Waals surface area contributed by atoms with E-state index in [1.165, 1.54) is 276 Å². The van der Waals surface area contributed by atoms with E-state index in [0.29, 0.717) is 19.3 Å². The van der Waals surface area contributed by atoms with Crippen molar-refractivity contribution in [1.82, 2.24) is 0 Å². The van der Waals surface area contributed by atoms with Gasteiger partial charge in [-0.3, -0.25) is 14.4 Å². The lowest BCUT2D eigenvalue weighted by molar-refractivity contribution is -0.167. The van der Waals surface area contributed by atoms with E-state index in [9.17, 15) is 14.4 Å². The zero-order chi connectivity index (χ0) is 54.3. The molecule has 0 aromatic rings. The Labute approximate surface area is 468 Å². The summed E-state index contributed by atoms with van der Waals surface area (Å²) in [6.07, 6.45) is 77.7. The number of esters is 3. The first kappa shape index (κ1) is 72.9. The minimum atomic E-state index is -0.766. The second kappa shape index (κ2) is 64.4. The number of carbonyl (C=O) groups is 3. The summed E-state index contributed by atoms with van der Waals surface area (Å²) in [4.78, 5) is 38.3. The molecule has 0 aromatic carbocycles. The van der Waals surface area contributed by atoms with Crippen molar-refractivity contribution in [2.45, 2.75) is 386 Å². The molecule has 6 nitrogen and oxygen atoms in total. The lowest BCUT2D eigenvalue weighted by Crippen LogP contribution is -2.30. The van der Waals surface area contributed by atoms with Crippen LogP contribution >= 0.6 is 0 Å². The number of allylic oxidation sites excluding steroid dienone is 4. The zero-order valence-electron chi connectivity index (χ0n) is 50.8. The van der Waals surface area contributed by atoms with Gasteiger partial charge in [-0.2, -0.15) is 0 Å². The van der Waals surface area contributed by atoms with E-state index < -0.39 is 6.10 Å². The van der Waals surface area contributed by atoms with Crippen LogP contribution in [0.1, 0.15) is 380 Å². The van der Waals surface area contributed by atoms with Gasteiger partial charge in [0.15, 0.2) is 6.10 Å². The summed E-state index contributed by atoms with van der Waals surface area (Å²) in [6.45, 7) is 6.70. The largest absolute Gasteiger partial charge is 0.462 e. The summed E-state index contributed by atoms with van der Waals surface area (Å²) in [5.74, 6) is -0.833. The third-order valence-corrected chi connectivity index (χ3v) is 15.5. The van der Waals surface area contributed by atoms with Gasteiger partial charge in [-0.1, -0.05) is 334 Å². The summed E-state index contributed by atoms with van der Waals surface area (Å²) in [5, 5.41) is 0. The van der Waals surface area contributed by atoms with Crippen molar-refractivity contribution in [2.75, 3.05) is 13.2 Å². The monoisotopic (exact) mass is 1050 g/mol. The van der Waals surface area contributed by atoms with Crippen LogP contribution in [0, 0.1) is 0 Å². The van der Waals surface area contributed by atoms with Gasteiger partial charge in [0, 0.05) is 19.3 Å². The maximum absolute atomic E-state index is 12.9. The molecule has 1 atom stereocenters. The molecular weight excluding hydrogens is 925 g/mol. The van der Waals surface area contributed by atoms with E-state index in [4.69, 9.17) is 14.2 Å². The molecule has 0 aromatic heterocycles. The van der Waals surface area contributed by atoms with Gasteiger partial charge in [0.1, 0.15) is 13.2 Å². The summed E-state index contributed by atoms with van der Waals surface area (Å²) in [7, 11) is 0. The van der Waals surface area contributed by atoms with Crippen molar-refractivity contribution >= 4 is 17.9 Å². The second-order valence-corrected chi connectivity index (χ2v) is 23.1. The van der Waals surface area contributed by atoms with Gasteiger partial charge in [-0.15, -0.1) is 0 Å². The predicted molar refractivity (Wildman–Crippen MR) is 326 cm³/mol. The SMILES string of the molecule is CCCCCCC/C=C\C/C=C\CCCCCCCCCCCCCCCCCC(=O)OCC(COC(=O)CCCCCCCCCCCCCCC)OC(=O)CCCCCCCCCCCCCCCCCCC. The van der Waals surface area contributed by atoms with Crippen molar-refractivity contribution < 1.29 is 28.6 Å². The Morgan fingerprint density at radius 2 is 0.480 bits per heavy atom. The maximum atomic E-state index is 12.9. The Morgan fingerprint density at radius 1 is 0.267 bits per heavy atom. The summed E-state index contributed by atoms with van der Waals surface area (Å²) in [5.41, 5.74) is 0. The first-order chi connectivity index (χ1) is 37.0. The highest BCUT2D eigenvalue weighted by Crippen LogP contribution is 2.18. The average Bonchev–Trinajstić information content (AvgIpc) is 3.41. The Hall–Kier alpha value is -2.11. The van der Waals surface area contributed by atoms with Crippen LogP contribution in [0.3, 0.4) is 0 Å². The van der Waals surface area contributed by atoms with Crippen molar-refractivity contribution in [3.8, 4) is 0 Å². The van der Waals surface area contributed by atoms with E-state index in [1.54, 1.807) is 0 Å². The minimum absolute atomic E-state index is 0.0638. The van der Waals surface area contributed by atoms with E-state index >= 15 is 0 Å². The summed E-state index contributed by atoms with van der Waals surface area (Å²) < 4.78 is 17.0. The predicted octanol–water partition coefficient (Wildman–Crippen LogP) is 23.0. The molecule has 0 aliphatic rings. The van der Waals surface area contributed by atoms with E-state index in [0.717, 1.165) is 64.2 Å². The number of hydrogen-bond acceptors (Lipinski definition) is 6. The molecule has 0 bridgehead atoms. The molecular formula is C69H130O6. The van der Waals surface area contributed by atoms with Gasteiger partial charge >= 0.3 is 17.9 Å². The fraction of sp³-hybridized carbons (Fsp3) is 0.899. The van der Waals surface area contributed by atoms with Crippen LogP contribution in [0.25, 0.3) is 0 Å². The Balaban J connectivity index is 4.19. The highest BCUT2D eigenvalue weighted by molar-refractivity contribution is 5.71. The highest BCUT2D eigenvalue weighted by Gasteiger charge is 2.19. The number of carbonyl (C=O) groups excluding carboxylic acids is 3. The van der Waals surface area contributed by atoms with E-state index in [2.05, 4.69) is 45.1 Å². The third kappa shape index (κ3) is 62.6. The minimum Gasteiger partial charge on any atom is -0.462 e. The summed E-state index contributed by atoms with van der Waals surface area (Å²) in [6, 6.07) is 0. The molecule has 6 heteroatoms. The number of unbranched alkanes of at least 4 members (excludes halogenated alkanes) is 48. The molecule has 0 spiro atoms. The molecule has 0 heterocycles. The van der Waals surface area contributed by atoms with Crippen LogP contribution in [-0.4, -0.2) is 37.2 Å². The van der Waals surface area contributed by atoms with Crippen LogP contribution in [0.2, 0.25) is 0 Å². The van der Waals surface area contributed by atoms with Crippen LogP contribution in [-0.2, 0) is 28.6 Å². The average molecular weight is 1060 g/mol. The molecule has 0 saturated carbocycles. The standard InChI is InChI=1S/C69H130O6/c1-4-7-10-13-16-19-22-25-27-29-30-31-32-33-34-35-36-37-38-40-41-44-47-50-53-56-59-62-68(71)74-65-66(64-73-67(70)61-58-55-52-49-46-43-24-21-18-15-12-9-6-3)75-69(72)63-60-57-54-51-48-45-42-39-28-26-23-20-17-14-11-8-5-2/h22,25,29-30,66H,4-21,23-24,26-28,31-65H2,1-3H3/b25-22-,30-29-. The lowest BCUT2D eigenvalue weighted by Gasteiger charge is -2.18. The van der Waals surface area contributed by atoms with Crippen molar-refractivity contribution in [3.63, 3.8) is 0 Å². The van der Waals surface area contributed by atoms with Gasteiger partial charge in [-0.25, -0.2) is 0 Å². The maximum Gasteiger partial charge on any atom is 0.306 e. The van der Waals surface area contributed by atoms with Crippen LogP contribution in [0.4, 0.5) is 0 Å². The van der Waals surface area contributed by atoms with Crippen molar-refractivity contribution in [1.29, 1.82) is 0 Å². The molecule has 0 aliphatic carbocycles. The fourth-order valence-electron chi connectivity index (χ4n) is 10.4. The molecule has 0 N–H and O–H groups in total. The molecule has 1 unspecified atom stereocenters. The van der Waals surface area contributed by atoms with Gasteiger partial charge in [-0.05, 0) is 51.4 Å². The molecule has 0 fully saturated rings. The Kier molecular flexibility index (Phi) is 62.6. The highest BCUT2D eigenvalue weighted by atomic mass is 16.6. The van der Waals surface area contributed by atoms with E-state index in [-0.39, 0.29) is 31.1 Å². The first-order valence-corrected chi connectivity index (χ1v) is 33.8. The van der Waals surface area contributed by atoms with Crippen molar-refractivity contribution in [3.05, 3.63) is 24.3 Å². The van der Waals surface area contributed by atoms with Crippen LogP contribution in [0.5, 0.6) is 0 Å². The third-order valence-electron chi connectivity index (χ3n) is 15.5. The molecule has 0 radical (unpaired) electrons. The molecule has 0 rings (SSSR count).